The van der Waals surface area contributed by atoms with Crippen LogP contribution >= 0.6 is 0 Å². The van der Waals surface area contributed by atoms with Gasteiger partial charge in [0.25, 0.3) is 0 Å². The molecule has 128 valence electrons. The van der Waals surface area contributed by atoms with E-state index in [1.807, 2.05) is 24.3 Å². The Balaban J connectivity index is 2.10. The predicted molar refractivity (Wildman–Crippen MR) is 88.2 cm³/mol. The zero-order valence-corrected chi connectivity index (χ0v) is 13.2. The molecule has 0 amide bonds. The fourth-order valence-corrected chi connectivity index (χ4v) is 3.17. The van der Waals surface area contributed by atoms with Gasteiger partial charge in [-0.1, -0.05) is 36.4 Å². The lowest BCUT2D eigenvalue weighted by molar-refractivity contribution is -0.137. The van der Waals surface area contributed by atoms with Crippen molar-refractivity contribution in [2.45, 2.75) is 18.3 Å². The van der Waals surface area contributed by atoms with Crippen molar-refractivity contribution in [3.63, 3.8) is 0 Å². The van der Waals surface area contributed by atoms with Crippen LogP contribution in [0.1, 0.15) is 17.5 Å². The van der Waals surface area contributed by atoms with Gasteiger partial charge in [-0.15, -0.1) is 0 Å². The van der Waals surface area contributed by atoms with E-state index in [0.717, 1.165) is 36.7 Å². The Kier molecular flexibility index (Phi) is 4.62. The molecular weight excluding hydrogens is 315 g/mol. The lowest BCUT2D eigenvalue weighted by Crippen LogP contribution is -2.62. The molecular formula is C18H20F3N3. The first kappa shape index (κ1) is 17.0. The second kappa shape index (κ2) is 6.55. The molecule has 0 atom stereocenters. The first-order valence-corrected chi connectivity index (χ1v) is 7.93. The largest absolute Gasteiger partial charge is 0.416 e. The molecule has 0 aliphatic carbocycles. The summed E-state index contributed by atoms with van der Waals surface area (Å²) in [7, 11) is 0. The van der Waals surface area contributed by atoms with Gasteiger partial charge in [0.1, 0.15) is 5.66 Å². The summed E-state index contributed by atoms with van der Waals surface area (Å²) >= 11 is 0. The third-order valence-corrected chi connectivity index (χ3v) is 4.40. The van der Waals surface area contributed by atoms with Gasteiger partial charge in [0.15, 0.2) is 0 Å². The maximum absolute atomic E-state index is 13.0. The van der Waals surface area contributed by atoms with Gasteiger partial charge in [-0.2, -0.15) is 13.2 Å². The van der Waals surface area contributed by atoms with Crippen molar-refractivity contribution in [1.29, 1.82) is 0 Å². The molecule has 3 rings (SSSR count). The minimum absolute atomic E-state index is 0.309. The molecule has 3 nitrogen and oxygen atoms in total. The maximum Gasteiger partial charge on any atom is 0.416 e. The van der Waals surface area contributed by atoms with E-state index in [9.17, 15) is 13.2 Å². The molecule has 0 spiro atoms. The molecule has 0 radical (unpaired) electrons. The second-order valence-corrected chi connectivity index (χ2v) is 5.94. The van der Waals surface area contributed by atoms with Crippen LogP contribution in [0.15, 0.2) is 48.5 Å². The number of benzene rings is 2. The predicted octanol–water partition coefficient (Wildman–Crippen LogP) is 3.07. The molecule has 6 heteroatoms. The smallest absolute Gasteiger partial charge is 0.327 e. The highest BCUT2D eigenvalue weighted by molar-refractivity contribution is 5.69. The van der Waals surface area contributed by atoms with Crippen LogP contribution < -0.4 is 16.4 Å². The molecule has 0 aromatic heterocycles. The molecule has 0 unspecified atom stereocenters. The SMILES string of the molecule is NCC1(c2ccccc2-c2cccc(C(F)(F)F)c2)NCCCN1. The van der Waals surface area contributed by atoms with E-state index in [4.69, 9.17) is 5.73 Å². The fraction of sp³-hybridized carbons (Fsp3) is 0.333. The normalized spacial score (nSPS) is 17.7. The summed E-state index contributed by atoms with van der Waals surface area (Å²) in [5.74, 6) is 0. The van der Waals surface area contributed by atoms with Crippen LogP contribution in [0.3, 0.4) is 0 Å². The van der Waals surface area contributed by atoms with Gasteiger partial charge >= 0.3 is 6.18 Å². The van der Waals surface area contributed by atoms with Crippen molar-refractivity contribution in [1.82, 2.24) is 10.6 Å². The zero-order chi connectivity index (χ0) is 17.2. The lowest BCUT2D eigenvalue weighted by Gasteiger charge is -2.40. The van der Waals surface area contributed by atoms with Crippen molar-refractivity contribution in [2.24, 2.45) is 5.73 Å². The zero-order valence-electron chi connectivity index (χ0n) is 13.2. The molecule has 1 fully saturated rings. The first-order valence-electron chi connectivity index (χ1n) is 7.93. The van der Waals surface area contributed by atoms with Crippen LogP contribution in [0.2, 0.25) is 0 Å². The van der Waals surface area contributed by atoms with Crippen LogP contribution in [0, 0.1) is 0 Å². The van der Waals surface area contributed by atoms with E-state index in [2.05, 4.69) is 10.6 Å². The molecule has 4 N–H and O–H groups in total. The molecule has 2 aromatic rings. The number of nitrogens with two attached hydrogens (primary N) is 1. The third-order valence-electron chi connectivity index (χ3n) is 4.40. The van der Waals surface area contributed by atoms with E-state index < -0.39 is 17.4 Å². The summed E-state index contributed by atoms with van der Waals surface area (Å²) in [6.45, 7) is 1.92. The highest BCUT2D eigenvalue weighted by Gasteiger charge is 2.35. The van der Waals surface area contributed by atoms with Gasteiger partial charge in [0.2, 0.25) is 0 Å². The summed E-state index contributed by atoms with van der Waals surface area (Å²) in [6, 6.07) is 12.8. The van der Waals surface area contributed by atoms with Gasteiger partial charge in [0.05, 0.1) is 5.56 Å². The molecule has 1 heterocycles. The summed E-state index contributed by atoms with van der Waals surface area (Å²) < 4.78 is 39.1. The quantitative estimate of drug-likeness (QED) is 0.808. The Labute approximate surface area is 139 Å². The maximum atomic E-state index is 13.0. The Bertz CT molecular complexity index is 707. The van der Waals surface area contributed by atoms with Gasteiger partial charge in [-0.05, 0) is 48.3 Å². The van der Waals surface area contributed by atoms with Crippen molar-refractivity contribution in [3.05, 3.63) is 59.7 Å². The lowest BCUT2D eigenvalue weighted by atomic mass is 9.88. The van der Waals surface area contributed by atoms with Crippen LogP contribution in [-0.2, 0) is 11.8 Å². The summed E-state index contributed by atoms with van der Waals surface area (Å²) in [5.41, 5.74) is 6.88. The van der Waals surface area contributed by atoms with E-state index in [1.165, 1.54) is 12.1 Å². The highest BCUT2D eigenvalue weighted by atomic mass is 19.4. The molecule has 1 aliphatic heterocycles. The van der Waals surface area contributed by atoms with Crippen molar-refractivity contribution < 1.29 is 13.2 Å². The van der Waals surface area contributed by atoms with Gasteiger partial charge in [0, 0.05) is 6.54 Å². The number of hydrogen-bond acceptors (Lipinski definition) is 3. The van der Waals surface area contributed by atoms with E-state index in [1.54, 1.807) is 6.07 Å². The highest BCUT2D eigenvalue weighted by Crippen LogP contribution is 2.35. The topological polar surface area (TPSA) is 50.1 Å². The van der Waals surface area contributed by atoms with E-state index in [-0.39, 0.29) is 0 Å². The fourth-order valence-electron chi connectivity index (χ4n) is 3.17. The van der Waals surface area contributed by atoms with Crippen LogP contribution in [-0.4, -0.2) is 19.6 Å². The van der Waals surface area contributed by atoms with Gasteiger partial charge in [-0.3, -0.25) is 10.6 Å². The van der Waals surface area contributed by atoms with Crippen molar-refractivity contribution in [3.8, 4) is 11.1 Å². The molecule has 2 aromatic carbocycles. The number of alkyl halides is 3. The van der Waals surface area contributed by atoms with Crippen LogP contribution in [0.4, 0.5) is 13.2 Å². The number of hydrogen-bond donors (Lipinski definition) is 3. The van der Waals surface area contributed by atoms with Crippen molar-refractivity contribution >= 4 is 0 Å². The first-order chi connectivity index (χ1) is 11.5. The molecule has 24 heavy (non-hydrogen) atoms. The molecule has 0 bridgehead atoms. The Hall–Kier alpha value is -1.89. The summed E-state index contributed by atoms with van der Waals surface area (Å²) in [6.07, 6.45) is -3.38. The van der Waals surface area contributed by atoms with Gasteiger partial charge in [-0.25, -0.2) is 0 Å². The minimum Gasteiger partial charge on any atom is -0.327 e. The van der Waals surface area contributed by atoms with Crippen LogP contribution in [0.25, 0.3) is 11.1 Å². The second-order valence-electron chi connectivity index (χ2n) is 5.94. The average Bonchev–Trinajstić information content (AvgIpc) is 2.62. The number of nitrogens with one attached hydrogen (secondary N) is 2. The van der Waals surface area contributed by atoms with Crippen LogP contribution in [0.5, 0.6) is 0 Å². The van der Waals surface area contributed by atoms with E-state index in [0.29, 0.717) is 12.1 Å². The van der Waals surface area contributed by atoms with Crippen molar-refractivity contribution in [2.75, 3.05) is 19.6 Å². The molecule has 0 saturated carbocycles. The monoisotopic (exact) mass is 335 g/mol. The Morgan fingerprint density at radius 2 is 1.71 bits per heavy atom. The standard InChI is InChI=1S/C18H20F3N3/c19-18(20,21)14-6-3-5-13(11-14)15-7-1-2-8-16(15)17(12-22)23-9-4-10-24-17/h1-3,5-8,11,23-24H,4,9-10,12,22H2. The summed E-state index contributed by atoms with van der Waals surface area (Å²) in [4.78, 5) is 0. The number of halogens is 3. The Morgan fingerprint density at radius 3 is 2.38 bits per heavy atom. The minimum atomic E-state index is -4.36. The average molecular weight is 335 g/mol. The Morgan fingerprint density at radius 1 is 1.00 bits per heavy atom. The molecule has 1 aliphatic rings. The summed E-state index contributed by atoms with van der Waals surface area (Å²) in [5, 5.41) is 6.79. The number of rotatable bonds is 3. The van der Waals surface area contributed by atoms with E-state index >= 15 is 0 Å². The molecule has 1 saturated heterocycles. The van der Waals surface area contributed by atoms with Gasteiger partial charge < -0.3 is 5.73 Å². The third kappa shape index (κ3) is 3.17.